The van der Waals surface area contributed by atoms with Crippen molar-refractivity contribution in [1.29, 1.82) is 0 Å². The Morgan fingerprint density at radius 2 is 2.05 bits per heavy atom. The second-order valence-corrected chi connectivity index (χ2v) is 5.51. The van der Waals surface area contributed by atoms with Gasteiger partial charge in [0.15, 0.2) is 0 Å². The third kappa shape index (κ3) is 3.49. The van der Waals surface area contributed by atoms with E-state index in [1.54, 1.807) is 18.2 Å². The molecule has 108 valence electrons. The van der Waals surface area contributed by atoms with Crippen molar-refractivity contribution in [2.45, 2.75) is 0 Å². The quantitative estimate of drug-likeness (QED) is 0.480. The van der Waals surface area contributed by atoms with Gasteiger partial charge in [0.25, 0.3) is 5.91 Å². The summed E-state index contributed by atoms with van der Waals surface area (Å²) in [6.07, 6.45) is 1.22. The Kier molecular flexibility index (Phi) is 4.76. The van der Waals surface area contributed by atoms with Gasteiger partial charge in [-0.25, -0.2) is 4.98 Å². The third-order valence-corrected chi connectivity index (χ3v) is 3.58. The lowest BCUT2D eigenvalue weighted by Gasteiger charge is -2.08. The molecule has 1 aromatic heterocycles. The van der Waals surface area contributed by atoms with Crippen LogP contribution >= 0.6 is 39.1 Å². The molecule has 1 N–H and O–H groups in total. The first-order valence-corrected chi connectivity index (χ1v) is 7.00. The Bertz CT molecular complexity index is 740. The fraction of sp³-hybridized carbons (Fsp3) is 0. The van der Waals surface area contributed by atoms with E-state index in [2.05, 4.69) is 26.2 Å². The van der Waals surface area contributed by atoms with Gasteiger partial charge in [-0.3, -0.25) is 14.9 Å². The average molecular weight is 391 g/mol. The molecule has 2 aromatic rings. The van der Waals surface area contributed by atoms with E-state index >= 15 is 0 Å². The zero-order valence-corrected chi connectivity index (χ0v) is 13.2. The smallest absolute Gasteiger partial charge is 0.319 e. The molecule has 0 saturated carbocycles. The number of amides is 1. The highest BCUT2D eigenvalue weighted by molar-refractivity contribution is 9.10. The second-order valence-electron chi connectivity index (χ2n) is 3.83. The van der Waals surface area contributed by atoms with E-state index in [1.807, 2.05) is 0 Å². The Labute approximate surface area is 137 Å². The average Bonchev–Trinajstić information content (AvgIpc) is 2.42. The lowest BCUT2D eigenvalue weighted by Crippen LogP contribution is -2.14. The summed E-state index contributed by atoms with van der Waals surface area (Å²) in [6.45, 7) is 0. The van der Waals surface area contributed by atoms with Crippen LogP contribution in [0.15, 0.2) is 34.9 Å². The van der Waals surface area contributed by atoms with Gasteiger partial charge in [0.05, 0.1) is 15.6 Å². The third-order valence-electron chi connectivity index (χ3n) is 2.48. The van der Waals surface area contributed by atoms with E-state index < -0.39 is 16.5 Å². The lowest BCUT2D eigenvalue weighted by atomic mass is 10.2. The maximum Gasteiger partial charge on any atom is 0.319 e. The standard InChI is InChI=1S/C12H6BrCl2N3O3/c13-6-1-2-8(14)9(5-6)17-12(19)7-3-4-16-11(15)10(7)18(20)21/h1-5H,(H,17,19). The number of hydrogen-bond acceptors (Lipinski definition) is 4. The van der Waals surface area contributed by atoms with Gasteiger partial charge < -0.3 is 5.32 Å². The minimum absolute atomic E-state index is 0.198. The van der Waals surface area contributed by atoms with Crippen LogP contribution < -0.4 is 5.32 Å². The van der Waals surface area contributed by atoms with Crippen molar-refractivity contribution in [3.63, 3.8) is 0 Å². The predicted molar refractivity (Wildman–Crippen MR) is 83.0 cm³/mol. The maximum absolute atomic E-state index is 12.2. The Morgan fingerprint density at radius 1 is 1.33 bits per heavy atom. The number of halogens is 3. The monoisotopic (exact) mass is 389 g/mol. The first kappa shape index (κ1) is 15.7. The van der Waals surface area contributed by atoms with Crippen molar-refractivity contribution in [1.82, 2.24) is 4.98 Å². The first-order chi connectivity index (χ1) is 9.90. The first-order valence-electron chi connectivity index (χ1n) is 5.45. The Balaban J connectivity index is 2.40. The van der Waals surface area contributed by atoms with Crippen LogP contribution in [0.3, 0.4) is 0 Å². The molecule has 0 saturated heterocycles. The fourth-order valence-electron chi connectivity index (χ4n) is 1.57. The van der Waals surface area contributed by atoms with Gasteiger partial charge in [-0.15, -0.1) is 0 Å². The number of pyridine rings is 1. The summed E-state index contributed by atoms with van der Waals surface area (Å²) in [4.78, 5) is 26.0. The number of nitrogens with one attached hydrogen (secondary N) is 1. The van der Waals surface area contributed by atoms with Crippen LogP contribution in [-0.4, -0.2) is 15.8 Å². The molecular weight excluding hydrogens is 385 g/mol. The molecule has 0 aliphatic carbocycles. The van der Waals surface area contributed by atoms with Crippen LogP contribution in [0.5, 0.6) is 0 Å². The van der Waals surface area contributed by atoms with Gasteiger partial charge in [-0.2, -0.15) is 0 Å². The molecule has 21 heavy (non-hydrogen) atoms. The number of aromatic nitrogens is 1. The van der Waals surface area contributed by atoms with Crippen molar-refractivity contribution in [3.8, 4) is 0 Å². The number of nitro groups is 1. The summed E-state index contributed by atoms with van der Waals surface area (Å²) in [5.74, 6) is -0.703. The number of nitrogens with zero attached hydrogens (tertiary/aromatic N) is 2. The van der Waals surface area contributed by atoms with Crippen molar-refractivity contribution in [2.24, 2.45) is 0 Å². The molecule has 1 heterocycles. The molecule has 6 nitrogen and oxygen atoms in total. The maximum atomic E-state index is 12.2. The number of benzene rings is 1. The highest BCUT2D eigenvalue weighted by Gasteiger charge is 2.25. The van der Waals surface area contributed by atoms with Crippen LogP contribution in [0.4, 0.5) is 11.4 Å². The van der Waals surface area contributed by atoms with Crippen LogP contribution in [0.25, 0.3) is 0 Å². The van der Waals surface area contributed by atoms with Crippen molar-refractivity contribution in [2.75, 3.05) is 5.32 Å². The van der Waals surface area contributed by atoms with Crippen LogP contribution in [0, 0.1) is 10.1 Å². The van der Waals surface area contributed by atoms with Crippen LogP contribution in [-0.2, 0) is 0 Å². The van der Waals surface area contributed by atoms with Gasteiger partial charge >= 0.3 is 5.69 Å². The highest BCUT2D eigenvalue weighted by Crippen LogP contribution is 2.29. The van der Waals surface area contributed by atoms with Crippen molar-refractivity contribution in [3.05, 3.63) is 60.8 Å². The molecule has 0 radical (unpaired) electrons. The van der Waals surface area contributed by atoms with E-state index in [4.69, 9.17) is 23.2 Å². The van der Waals surface area contributed by atoms with Gasteiger partial charge in [0.1, 0.15) is 5.56 Å². The summed E-state index contributed by atoms with van der Waals surface area (Å²) in [7, 11) is 0. The topological polar surface area (TPSA) is 85.1 Å². The zero-order valence-electron chi connectivity index (χ0n) is 10.1. The summed E-state index contributed by atoms with van der Waals surface area (Å²) in [6, 6.07) is 6.07. The predicted octanol–water partition coefficient (Wildman–Crippen LogP) is 4.31. The molecule has 1 aromatic carbocycles. The zero-order chi connectivity index (χ0) is 15.6. The molecule has 0 bridgehead atoms. The molecule has 0 aliphatic rings. The molecule has 9 heteroatoms. The second kappa shape index (κ2) is 6.38. The van der Waals surface area contributed by atoms with Crippen LogP contribution in [0.2, 0.25) is 10.2 Å². The Morgan fingerprint density at radius 3 is 2.71 bits per heavy atom. The molecule has 0 unspecified atom stereocenters. The fourth-order valence-corrected chi connectivity index (χ4v) is 2.32. The minimum atomic E-state index is -0.757. The molecular formula is C12H6BrCl2N3O3. The lowest BCUT2D eigenvalue weighted by molar-refractivity contribution is -0.385. The largest absolute Gasteiger partial charge is 0.320 e. The SMILES string of the molecule is O=C(Nc1cc(Br)ccc1Cl)c1ccnc(Cl)c1[N+](=O)[O-]. The molecule has 0 aliphatic heterocycles. The molecule has 0 atom stereocenters. The van der Waals surface area contributed by atoms with Gasteiger partial charge in [0, 0.05) is 10.7 Å². The number of carbonyl (C=O) groups is 1. The molecule has 0 spiro atoms. The number of hydrogen-bond donors (Lipinski definition) is 1. The van der Waals surface area contributed by atoms with Gasteiger partial charge in [-0.1, -0.05) is 39.1 Å². The van der Waals surface area contributed by atoms with E-state index in [9.17, 15) is 14.9 Å². The molecule has 0 fully saturated rings. The Hall–Kier alpha value is -1.70. The van der Waals surface area contributed by atoms with E-state index in [0.29, 0.717) is 15.2 Å². The summed E-state index contributed by atoms with van der Waals surface area (Å²) < 4.78 is 0.699. The number of anilines is 1. The van der Waals surface area contributed by atoms with Gasteiger partial charge in [-0.05, 0) is 24.3 Å². The molecule has 2 rings (SSSR count). The van der Waals surface area contributed by atoms with Crippen molar-refractivity contribution >= 4 is 56.4 Å². The molecule has 1 amide bonds. The van der Waals surface area contributed by atoms with E-state index in [1.165, 1.54) is 12.3 Å². The summed E-state index contributed by atoms with van der Waals surface area (Å²) in [5, 5.41) is 13.4. The highest BCUT2D eigenvalue weighted by atomic mass is 79.9. The normalized spacial score (nSPS) is 10.2. The van der Waals surface area contributed by atoms with E-state index in [-0.39, 0.29) is 10.7 Å². The van der Waals surface area contributed by atoms with Gasteiger partial charge in [0.2, 0.25) is 5.15 Å². The number of rotatable bonds is 3. The summed E-state index contributed by atoms with van der Waals surface area (Å²) in [5.41, 5.74) is -0.433. The van der Waals surface area contributed by atoms with Crippen LogP contribution in [0.1, 0.15) is 10.4 Å². The summed E-state index contributed by atoms with van der Waals surface area (Å²) >= 11 is 14.9. The van der Waals surface area contributed by atoms with E-state index in [0.717, 1.165) is 0 Å². The van der Waals surface area contributed by atoms with Crippen molar-refractivity contribution < 1.29 is 9.72 Å². The minimum Gasteiger partial charge on any atom is -0.320 e. The number of carbonyl (C=O) groups excluding carboxylic acids is 1.